The Kier molecular flexibility index (Phi) is 16.8. The van der Waals surface area contributed by atoms with Crippen LogP contribution in [-0.4, -0.2) is 23.7 Å². The average Bonchev–Trinajstić information content (AvgIpc) is 2.73. The van der Waals surface area contributed by atoms with E-state index in [9.17, 15) is 9.59 Å². The highest BCUT2D eigenvalue weighted by molar-refractivity contribution is 5.76. The second-order valence-electron chi connectivity index (χ2n) is 7.61. The Hall–Kier alpha value is -3.14. The lowest BCUT2D eigenvalue weighted by Gasteiger charge is -2.04. The van der Waals surface area contributed by atoms with E-state index in [2.05, 4.69) is 57.2 Å². The first kappa shape index (κ1) is 28.9. The standard InChI is InChI=1S/C28H38O4/c1-6-7-8-9-13-23(2)14-10-15-24(3)16-11-17-25(4)18-12-19-26(5)22-32-28(31)21-20-27(29)30/h6-11,13-17,19H,12,18,20-22H2,1-5H3,(H,29,30). The number of allylic oxidation sites excluding steroid dienone is 15. The number of esters is 1. The van der Waals surface area contributed by atoms with Gasteiger partial charge in [-0.3, -0.25) is 9.59 Å². The van der Waals surface area contributed by atoms with Gasteiger partial charge in [0.1, 0.15) is 6.61 Å². The van der Waals surface area contributed by atoms with Crippen molar-refractivity contribution >= 4 is 11.9 Å². The fourth-order valence-corrected chi connectivity index (χ4v) is 2.37. The second kappa shape index (κ2) is 18.6. The first-order valence-electron chi connectivity index (χ1n) is 10.9. The minimum Gasteiger partial charge on any atom is -0.481 e. The van der Waals surface area contributed by atoms with Crippen LogP contribution < -0.4 is 0 Å². The predicted molar refractivity (Wildman–Crippen MR) is 134 cm³/mol. The number of ether oxygens (including phenoxy) is 1. The van der Waals surface area contributed by atoms with E-state index in [0.717, 1.165) is 18.4 Å². The van der Waals surface area contributed by atoms with Crippen LogP contribution in [0.5, 0.6) is 0 Å². The summed E-state index contributed by atoms with van der Waals surface area (Å²) < 4.78 is 5.06. The molecule has 0 aromatic carbocycles. The van der Waals surface area contributed by atoms with Gasteiger partial charge in [0.25, 0.3) is 0 Å². The molecule has 0 radical (unpaired) electrons. The lowest BCUT2D eigenvalue weighted by Crippen LogP contribution is -2.08. The highest BCUT2D eigenvalue weighted by atomic mass is 16.5. The quantitative estimate of drug-likeness (QED) is 0.177. The van der Waals surface area contributed by atoms with Crippen LogP contribution in [0.15, 0.2) is 95.2 Å². The van der Waals surface area contributed by atoms with Gasteiger partial charge in [-0.15, -0.1) is 0 Å². The smallest absolute Gasteiger partial charge is 0.306 e. The van der Waals surface area contributed by atoms with Crippen molar-refractivity contribution in [3.63, 3.8) is 0 Å². The molecule has 0 fully saturated rings. The van der Waals surface area contributed by atoms with Crippen molar-refractivity contribution in [2.75, 3.05) is 6.61 Å². The van der Waals surface area contributed by atoms with Crippen LogP contribution in [-0.2, 0) is 14.3 Å². The molecule has 0 heterocycles. The molecule has 32 heavy (non-hydrogen) atoms. The van der Waals surface area contributed by atoms with Crippen LogP contribution in [0.25, 0.3) is 0 Å². The van der Waals surface area contributed by atoms with Gasteiger partial charge in [0, 0.05) is 0 Å². The molecule has 174 valence electrons. The lowest BCUT2D eigenvalue weighted by molar-refractivity contribution is -0.147. The monoisotopic (exact) mass is 438 g/mol. The Balaban J connectivity index is 4.38. The summed E-state index contributed by atoms with van der Waals surface area (Å²) in [5.74, 6) is -1.48. The minimum absolute atomic E-state index is 0.0923. The van der Waals surface area contributed by atoms with Crippen LogP contribution in [0.3, 0.4) is 0 Å². The van der Waals surface area contributed by atoms with Gasteiger partial charge >= 0.3 is 11.9 Å². The Morgan fingerprint density at radius 2 is 1.38 bits per heavy atom. The van der Waals surface area contributed by atoms with Gasteiger partial charge < -0.3 is 9.84 Å². The van der Waals surface area contributed by atoms with Gasteiger partial charge in [0.2, 0.25) is 0 Å². The van der Waals surface area contributed by atoms with Crippen molar-refractivity contribution in [3.05, 3.63) is 95.2 Å². The number of hydrogen-bond donors (Lipinski definition) is 1. The zero-order valence-electron chi connectivity index (χ0n) is 20.1. The van der Waals surface area contributed by atoms with Gasteiger partial charge in [0.05, 0.1) is 12.8 Å². The van der Waals surface area contributed by atoms with E-state index in [4.69, 9.17) is 9.84 Å². The first-order valence-corrected chi connectivity index (χ1v) is 10.9. The van der Waals surface area contributed by atoms with E-state index in [1.54, 1.807) is 0 Å². The zero-order valence-corrected chi connectivity index (χ0v) is 20.1. The molecule has 0 amide bonds. The fraction of sp³-hybridized carbons (Fsp3) is 0.357. The third kappa shape index (κ3) is 18.9. The molecule has 4 nitrogen and oxygen atoms in total. The van der Waals surface area contributed by atoms with Crippen molar-refractivity contribution in [1.82, 2.24) is 0 Å². The normalized spacial score (nSPS) is 14.4. The van der Waals surface area contributed by atoms with E-state index in [0.29, 0.717) is 0 Å². The minimum atomic E-state index is -0.996. The number of carbonyl (C=O) groups is 2. The van der Waals surface area contributed by atoms with Crippen LogP contribution in [0, 0.1) is 0 Å². The molecular weight excluding hydrogens is 400 g/mol. The fourth-order valence-electron chi connectivity index (χ4n) is 2.37. The number of aliphatic carboxylic acids is 1. The van der Waals surface area contributed by atoms with Gasteiger partial charge in [-0.25, -0.2) is 0 Å². The van der Waals surface area contributed by atoms with Crippen LogP contribution >= 0.6 is 0 Å². The van der Waals surface area contributed by atoms with E-state index < -0.39 is 11.9 Å². The van der Waals surface area contributed by atoms with Crippen LogP contribution in [0.2, 0.25) is 0 Å². The van der Waals surface area contributed by atoms with Crippen molar-refractivity contribution in [2.24, 2.45) is 0 Å². The van der Waals surface area contributed by atoms with E-state index in [1.165, 1.54) is 16.7 Å². The Morgan fingerprint density at radius 3 is 2.00 bits per heavy atom. The first-order chi connectivity index (χ1) is 15.2. The number of hydrogen-bond acceptors (Lipinski definition) is 3. The van der Waals surface area contributed by atoms with E-state index >= 15 is 0 Å². The predicted octanol–water partition coefficient (Wildman–Crippen LogP) is 7.20. The lowest BCUT2D eigenvalue weighted by atomic mass is 10.1. The molecule has 0 aliphatic carbocycles. The third-order valence-electron chi connectivity index (χ3n) is 4.27. The van der Waals surface area contributed by atoms with Crippen LogP contribution in [0.4, 0.5) is 0 Å². The maximum Gasteiger partial charge on any atom is 0.306 e. The summed E-state index contributed by atoms with van der Waals surface area (Å²) in [6, 6.07) is 0. The zero-order chi connectivity index (χ0) is 24.2. The Morgan fingerprint density at radius 1 is 0.750 bits per heavy atom. The average molecular weight is 439 g/mol. The van der Waals surface area contributed by atoms with Crippen molar-refractivity contribution in [2.45, 2.75) is 60.3 Å². The molecule has 0 atom stereocenters. The molecule has 0 saturated carbocycles. The molecule has 0 aromatic heterocycles. The van der Waals surface area contributed by atoms with E-state index in [-0.39, 0.29) is 19.4 Å². The van der Waals surface area contributed by atoms with Crippen molar-refractivity contribution in [1.29, 1.82) is 0 Å². The van der Waals surface area contributed by atoms with Crippen LogP contribution in [0.1, 0.15) is 60.3 Å². The highest BCUT2D eigenvalue weighted by Gasteiger charge is 2.06. The Labute approximate surface area is 193 Å². The molecule has 1 N–H and O–H groups in total. The summed E-state index contributed by atoms with van der Waals surface area (Å²) >= 11 is 0. The summed E-state index contributed by atoms with van der Waals surface area (Å²) in [5, 5.41) is 8.56. The molecule has 0 aliphatic rings. The number of carboxylic acids is 1. The molecule has 0 saturated heterocycles. The molecule has 0 unspecified atom stereocenters. The molecule has 0 bridgehead atoms. The molecular formula is C28H38O4. The second-order valence-corrected chi connectivity index (χ2v) is 7.61. The molecule has 0 rings (SSSR count). The number of carbonyl (C=O) groups excluding carboxylic acids is 1. The van der Waals surface area contributed by atoms with Gasteiger partial charge in [-0.2, -0.15) is 0 Å². The summed E-state index contributed by atoms with van der Waals surface area (Å²) in [4.78, 5) is 21.9. The van der Waals surface area contributed by atoms with Gasteiger partial charge in [-0.05, 0) is 53.0 Å². The molecule has 0 aliphatic heterocycles. The summed E-state index contributed by atoms with van der Waals surface area (Å²) in [5.41, 5.74) is 4.58. The van der Waals surface area contributed by atoms with Gasteiger partial charge in [-0.1, -0.05) is 89.6 Å². The highest BCUT2D eigenvalue weighted by Crippen LogP contribution is 2.08. The molecule has 0 spiro atoms. The van der Waals surface area contributed by atoms with Gasteiger partial charge in [0.15, 0.2) is 0 Å². The summed E-state index contributed by atoms with van der Waals surface area (Å²) in [6.07, 6.45) is 26.1. The van der Waals surface area contributed by atoms with Crippen molar-refractivity contribution < 1.29 is 19.4 Å². The van der Waals surface area contributed by atoms with E-state index in [1.807, 2.05) is 50.3 Å². The number of rotatable bonds is 14. The number of carboxylic acid groups (broad SMARTS) is 1. The molecule has 0 aromatic rings. The maximum absolute atomic E-state index is 11.4. The summed E-state index contributed by atoms with van der Waals surface area (Å²) in [7, 11) is 0. The maximum atomic E-state index is 11.4. The topological polar surface area (TPSA) is 63.6 Å². The van der Waals surface area contributed by atoms with Crippen molar-refractivity contribution in [3.8, 4) is 0 Å². The Bertz CT molecular complexity index is 827. The largest absolute Gasteiger partial charge is 0.481 e. The summed E-state index contributed by atoms with van der Waals surface area (Å²) in [6.45, 7) is 10.3. The molecule has 4 heteroatoms. The SMILES string of the molecule is CC=CC=CC=C(C)C=CC=C(C)C=CC=C(C)CCC=C(C)COC(=O)CCC(=O)O. The third-order valence-corrected chi connectivity index (χ3v) is 4.27.